The fourth-order valence-corrected chi connectivity index (χ4v) is 1.54. The number of nitrogens with zero attached hydrogens (tertiary/aromatic N) is 3. The molecular formula is C13H17N5. The smallest absolute Gasteiger partial charge is 0.194 e. The van der Waals surface area contributed by atoms with Crippen LogP contribution in [0.5, 0.6) is 0 Å². The van der Waals surface area contributed by atoms with Gasteiger partial charge in [-0.1, -0.05) is 30.3 Å². The monoisotopic (exact) mass is 243 g/mol. The van der Waals surface area contributed by atoms with E-state index >= 15 is 0 Å². The lowest BCUT2D eigenvalue weighted by Gasteiger charge is -2.02. The van der Waals surface area contributed by atoms with Gasteiger partial charge in [-0.3, -0.25) is 4.68 Å². The molecule has 0 spiro atoms. The molecule has 0 aliphatic heterocycles. The molecule has 2 rings (SSSR count). The third-order valence-corrected chi connectivity index (χ3v) is 2.50. The number of anilines is 1. The quantitative estimate of drug-likeness (QED) is 0.636. The SMILES string of the molecule is CCn1ccc(NC(N)=NCc2ccccc2)n1. The van der Waals surface area contributed by atoms with Crippen molar-refractivity contribution in [3.63, 3.8) is 0 Å². The van der Waals surface area contributed by atoms with E-state index in [2.05, 4.69) is 15.4 Å². The molecule has 0 radical (unpaired) electrons. The van der Waals surface area contributed by atoms with Crippen LogP contribution in [-0.2, 0) is 13.1 Å². The van der Waals surface area contributed by atoms with E-state index in [0.717, 1.165) is 12.1 Å². The van der Waals surface area contributed by atoms with Gasteiger partial charge in [-0.25, -0.2) is 4.99 Å². The van der Waals surface area contributed by atoms with Gasteiger partial charge < -0.3 is 11.1 Å². The van der Waals surface area contributed by atoms with Crippen molar-refractivity contribution in [2.75, 3.05) is 5.32 Å². The zero-order valence-electron chi connectivity index (χ0n) is 10.4. The number of hydrogen-bond acceptors (Lipinski definition) is 2. The standard InChI is InChI=1S/C13H17N5/c1-2-18-9-8-12(17-18)16-13(14)15-10-11-6-4-3-5-7-11/h3-9H,2,10H2,1H3,(H3,14,15,16,17). The number of benzene rings is 1. The van der Waals surface area contributed by atoms with E-state index in [1.807, 2.05) is 54.2 Å². The molecule has 5 heteroatoms. The number of guanidine groups is 1. The summed E-state index contributed by atoms with van der Waals surface area (Å²) in [5.74, 6) is 1.09. The maximum Gasteiger partial charge on any atom is 0.194 e. The van der Waals surface area contributed by atoms with Crippen molar-refractivity contribution >= 4 is 11.8 Å². The lowest BCUT2D eigenvalue weighted by Crippen LogP contribution is -2.23. The minimum absolute atomic E-state index is 0.375. The third kappa shape index (κ3) is 3.35. The first-order chi connectivity index (χ1) is 8.78. The predicted octanol–water partition coefficient (Wildman–Crippen LogP) is 1.83. The largest absolute Gasteiger partial charge is 0.370 e. The molecule has 2 aromatic rings. The van der Waals surface area contributed by atoms with E-state index in [9.17, 15) is 0 Å². The molecule has 1 aromatic heterocycles. The zero-order valence-corrected chi connectivity index (χ0v) is 10.4. The molecular weight excluding hydrogens is 226 g/mol. The summed E-state index contributed by atoms with van der Waals surface area (Å²) in [4.78, 5) is 4.26. The Hall–Kier alpha value is -2.30. The molecule has 0 saturated carbocycles. The van der Waals surface area contributed by atoms with Crippen molar-refractivity contribution < 1.29 is 0 Å². The zero-order chi connectivity index (χ0) is 12.8. The van der Waals surface area contributed by atoms with Crippen molar-refractivity contribution in [1.82, 2.24) is 9.78 Å². The maximum absolute atomic E-state index is 5.79. The third-order valence-electron chi connectivity index (χ3n) is 2.50. The second kappa shape index (κ2) is 5.86. The molecule has 3 N–H and O–H groups in total. The molecule has 0 aliphatic carbocycles. The Labute approximate surface area is 106 Å². The Morgan fingerprint density at radius 3 is 2.78 bits per heavy atom. The summed E-state index contributed by atoms with van der Waals surface area (Å²) in [7, 11) is 0. The van der Waals surface area contributed by atoms with E-state index in [4.69, 9.17) is 5.73 Å². The van der Waals surface area contributed by atoms with Crippen LogP contribution in [0.4, 0.5) is 5.82 Å². The topological polar surface area (TPSA) is 68.2 Å². The fourth-order valence-electron chi connectivity index (χ4n) is 1.54. The summed E-state index contributed by atoms with van der Waals surface area (Å²) in [6.45, 7) is 3.43. The van der Waals surface area contributed by atoms with Gasteiger partial charge in [-0.15, -0.1) is 0 Å². The van der Waals surface area contributed by atoms with Crippen LogP contribution >= 0.6 is 0 Å². The molecule has 5 nitrogen and oxygen atoms in total. The molecule has 0 saturated heterocycles. The van der Waals surface area contributed by atoms with Gasteiger partial charge in [0.25, 0.3) is 0 Å². The number of nitrogens with two attached hydrogens (primary N) is 1. The summed E-state index contributed by atoms with van der Waals surface area (Å²) in [6.07, 6.45) is 1.90. The molecule has 18 heavy (non-hydrogen) atoms. The summed E-state index contributed by atoms with van der Waals surface area (Å²) in [5, 5.41) is 7.23. The summed E-state index contributed by atoms with van der Waals surface area (Å²) in [5.41, 5.74) is 6.92. The van der Waals surface area contributed by atoms with Crippen molar-refractivity contribution in [3.05, 3.63) is 48.2 Å². The van der Waals surface area contributed by atoms with Crippen LogP contribution in [0.2, 0.25) is 0 Å². The van der Waals surface area contributed by atoms with Crippen molar-refractivity contribution in [2.24, 2.45) is 10.7 Å². The molecule has 0 fully saturated rings. The minimum Gasteiger partial charge on any atom is -0.370 e. The highest BCUT2D eigenvalue weighted by Gasteiger charge is 1.98. The van der Waals surface area contributed by atoms with Crippen molar-refractivity contribution in [3.8, 4) is 0 Å². The van der Waals surface area contributed by atoms with Crippen molar-refractivity contribution in [2.45, 2.75) is 20.0 Å². The Bertz CT molecular complexity index is 515. The van der Waals surface area contributed by atoms with Gasteiger partial charge in [0.15, 0.2) is 11.8 Å². The predicted molar refractivity (Wildman–Crippen MR) is 73.3 cm³/mol. The highest BCUT2D eigenvalue weighted by atomic mass is 15.3. The van der Waals surface area contributed by atoms with E-state index in [1.165, 1.54) is 0 Å². The molecule has 1 heterocycles. The summed E-state index contributed by atoms with van der Waals surface area (Å²) < 4.78 is 1.83. The second-order valence-electron chi connectivity index (χ2n) is 3.87. The summed E-state index contributed by atoms with van der Waals surface area (Å²) >= 11 is 0. The molecule has 0 atom stereocenters. The Balaban J connectivity index is 1.93. The normalized spacial score (nSPS) is 11.5. The summed E-state index contributed by atoms with van der Waals surface area (Å²) in [6, 6.07) is 11.8. The van der Waals surface area contributed by atoms with E-state index in [1.54, 1.807) is 0 Å². The average molecular weight is 243 g/mol. The minimum atomic E-state index is 0.375. The van der Waals surface area contributed by atoms with E-state index in [-0.39, 0.29) is 0 Å². The van der Waals surface area contributed by atoms with Crippen LogP contribution in [0.25, 0.3) is 0 Å². The van der Waals surface area contributed by atoms with Gasteiger partial charge in [0, 0.05) is 18.8 Å². The first-order valence-corrected chi connectivity index (χ1v) is 5.92. The lowest BCUT2D eigenvalue weighted by atomic mass is 10.2. The molecule has 94 valence electrons. The molecule has 1 aromatic carbocycles. The number of rotatable bonds is 4. The number of aryl methyl sites for hydroxylation is 1. The average Bonchev–Trinajstić information content (AvgIpc) is 2.85. The fraction of sp³-hybridized carbons (Fsp3) is 0.231. The first kappa shape index (κ1) is 12.2. The van der Waals surface area contributed by atoms with Crippen LogP contribution < -0.4 is 11.1 Å². The van der Waals surface area contributed by atoms with Crippen molar-refractivity contribution in [1.29, 1.82) is 0 Å². The van der Waals surface area contributed by atoms with Gasteiger partial charge in [0.1, 0.15) is 0 Å². The number of aliphatic imine (C=N–C) groups is 1. The molecule has 0 unspecified atom stereocenters. The number of hydrogen-bond donors (Lipinski definition) is 2. The molecule has 0 amide bonds. The lowest BCUT2D eigenvalue weighted by molar-refractivity contribution is 0.662. The van der Waals surface area contributed by atoms with Gasteiger partial charge in [-0.2, -0.15) is 5.10 Å². The van der Waals surface area contributed by atoms with Gasteiger partial charge >= 0.3 is 0 Å². The van der Waals surface area contributed by atoms with Gasteiger partial charge in [0.05, 0.1) is 6.54 Å². The van der Waals surface area contributed by atoms with E-state index in [0.29, 0.717) is 18.3 Å². The van der Waals surface area contributed by atoms with Crippen LogP contribution in [0.3, 0.4) is 0 Å². The van der Waals surface area contributed by atoms with E-state index < -0.39 is 0 Å². The highest BCUT2D eigenvalue weighted by molar-refractivity contribution is 5.91. The second-order valence-corrected chi connectivity index (χ2v) is 3.87. The molecule has 0 bridgehead atoms. The van der Waals surface area contributed by atoms with Gasteiger partial charge in [-0.05, 0) is 12.5 Å². The van der Waals surface area contributed by atoms with Gasteiger partial charge in [0.2, 0.25) is 0 Å². The van der Waals surface area contributed by atoms with Crippen LogP contribution in [0.15, 0.2) is 47.6 Å². The Kier molecular flexibility index (Phi) is 3.96. The van der Waals surface area contributed by atoms with Crippen LogP contribution in [0, 0.1) is 0 Å². The Morgan fingerprint density at radius 1 is 1.33 bits per heavy atom. The Morgan fingerprint density at radius 2 is 2.11 bits per heavy atom. The first-order valence-electron chi connectivity index (χ1n) is 5.92. The number of nitrogens with one attached hydrogen (secondary N) is 1. The number of aromatic nitrogens is 2. The molecule has 0 aliphatic rings. The maximum atomic E-state index is 5.79. The van der Waals surface area contributed by atoms with Crippen LogP contribution in [0.1, 0.15) is 12.5 Å². The van der Waals surface area contributed by atoms with Crippen LogP contribution in [-0.4, -0.2) is 15.7 Å². The highest BCUT2D eigenvalue weighted by Crippen LogP contribution is 2.03.